The summed E-state index contributed by atoms with van der Waals surface area (Å²) in [5.74, 6) is 5.25. The summed E-state index contributed by atoms with van der Waals surface area (Å²) in [7, 11) is 0. The summed E-state index contributed by atoms with van der Waals surface area (Å²) in [6.07, 6.45) is 2.91. The average Bonchev–Trinajstić information content (AvgIpc) is 3.07. The Kier molecular flexibility index (Phi) is 2.76. The van der Waals surface area contributed by atoms with Gasteiger partial charge in [-0.2, -0.15) is 0 Å². The number of fused-ring (bicyclic) bond motifs is 1. The van der Waals surface area contributed by atoms with Gasteiger partial charge in [0.1, 0.15) is 11.8 Å². The van der Waals surface area contributed by atoms with Crippen molar-refractivity contribution in [1.29, 1.82) is 0 Å². The van der Waals surface area contributed by atoms with Crippen LogP contribution in [0.1, 0.15) is 16.2 Å². The van der Waals surface area contributed by atoms with Crippen LogP contribution in [0.3, 0.4) is 0 Å². The molecule has 0 saturated heterocycles. The number of carbonyl (C=O) groups is 1. The molecule has 1 amide bonds. The van der Waals surface area contributed by atoms with Crippen molar-refractivity contribution in [2.45, 2.75) is 6.54 Å². The Labute approximate surface area is 111 Å². The number of nitrogens with zero attached hydrogens (tertiary/aromatic N) is 5. The average molecular weight is 274 g/mol. The van der Waals surface area contributed by atoms with Crippen LogP contribution in [0, 0.1) is 0 Å². The molecule has 0 fully saturated rings. The summed E-state index contributed by atoms with van der Waals surface area (Å²) >= 11 is 0. The molecule has 0 radical (unpaired) electrons. The molecule has 10 heteroatoms. The molecule has 3 aromatic rings. The van der Waals surface area contributed by atoms with E-state index in [4.69, 9.17) is 16.1 Å². The number of hydrogen-bond acceptors (Lipinski definition) is 8. The van der Waals surface area contributed by atoms with Gasteiger partial charge in [0.2, 0.25) is 0 Å². The molecule has 5 N–H and O–H groups in total. The zero-order valence-electron chi connectivity index (χ0n) is 10.1. The number of hydrazine groups is 1. The molecule has 0 saturated carbocycles. The molecule has 0 aliphatic rings. The second-order valence-electron chi connectivity index (χ2n) is 3.96. The fourth-order valence-electron chi connectivity index (χ4n) is 1.75. The van der Waals surface area contributed by atoms with Crippen LogP contribution in [0.15, 0.2) is 23.2 Å². The van der Waals surface area contributed by atoms with Crippen LogP contribution in [0.4, 0.5) is 5.82 Å². The van der Waals surface area contributed by atoms with E-state index in [1.165, 1.54) is 12.4 Å². The zero-order valence-corrected chi connectivity index (χ0v) is 10.1. The molecule has 10 nitrogen and oxygen atoms in total. The van der Waals surface area contributed by atoms with E-state index in [9.17, 15) is 4.79 Å². The number of nitrogens with two attached hydrogens (primary N) is 2. The van der Waals surface area contributed by atoms with Gasteiger partial charge in [0.25, 0.3) is 5.91 Å². The lowest BCUT2D eigenvalue weighted by atomic mass is 10.3. The molecule has 0 spiro atoms. The van der Waals surface area contributed by atoms with E-state index >= 15 is 0 Å². The first kappa shape index (κ1) is 12.0. The van der Waals surface area contributed by atoms with Gasteiger partial charge in [-0.15, -0.1) is 0 Å². The first-order valence-corrected chi connectivity index (χ1v) is 5.57. The maximum Gasteiger partial charge on any atom is 0.287 e. The monoisotopic (exact) mass is 274 g/mol. The van der Waals surface area contributed by atoms with E-state index in [2.05, 4.69) is 20.1 Å². The number of imidazole rings is 1. The number of hydrogen-bond donors (Lipinski definition) is 3. The van der Waals surface area contributed by atoms with Crippen LogP contribution in [-0.4, -0.2) is 30.6 Å². The molecular formula is C10H10N8O2. The highest BCUT2D eigenvalue weighted by Gasteiger charge is 2.13. The van der Waals surface area contributed by atoms with Crippen molar-refractivity contribution in [1.82, 2.24) is 30.1 Å². The number of nitrogen functional groups attached to an aromatic ring is 2. The summed E-state index contributed by atoms with van der Waals surface area (Å²) in [6, 6.07) is 1.48. The normalized spacial score (nSPS) is 10.8. The molecule has 0 atom stereocenters. The van der Waals surface area contributed by atoms with Crippen LogP contribution in [0.25, 0.3) is 11.2 Å². The highest BCUT2D eigenvalue weighted by molar-refractivity contribution is 5.91. The SMILES string of the molecule is NNC(=O)c1cc(Cn2cnc3c(N)ncnc32)on1. The Hall–Kier alpha value is -3.01. The van der Waals surface area contributed by atoms with Crippen LogP contribution in [0.2, 0.25) is 0 Å². The van der Waals surface area contributed by atoms with Crippen molar-refractivity contribution in [3.8, 4) is 0 Å². The molecule has 3 aromatic heterocycles. The maximum atomic E-state index is 11.3. The summed E-state index contributed by atoms with van der Waals surface area (Å²) in [5.41, 5.74) is 8.84. The van der Waals surface area contributed by atoms with E-state index in [-0.39, 0.29) is 5.69 Å². The smallest absolute Gasteiger partial charge is 0.287 e. The molecule has 0 aromatic carbocycles. The Morgan fingerprint density at radius 2 is 2.25 bits per heavy atom. The van der Waals surface area contributed by atoms with E-state index in [1.807, 2.05) is 5.43 Å². The second kappa shape index (κ2) is 4.59. The van der Waals surface area contributed by atoms with Crippen molar-refractivity contribution in [2.24, 2.45) is 5.84 Å². The fourth-order valence-corrected chi connectivity index (χ4v) is 1.75. The quantitative estimate of drug-likeness (QED) is 0.314. The molecule has 20 heavy (non-hydrogen) atoms. The standard InChI is InChI=1S/C10H10N8O2/c11-8-7-9(14-3-13-8)18(4-15-7)2-5-1-6(17-20-5)10(19)16-12/h1,3-4H,2,12H2,(H,16,19)(H2,11,13,14). The van der Waals surface area contributed by atoms with Crippen LogP contribution < -0.4 is 17.0 Å². The van der Waals surface area contributed by atoms with Gasteiger partial charge < -0.3 is 14.8 Å². The number of rotatable bonds is 3. The molecule has 0 unspecified atom stereocenters. The third-order valence-electron chi connectivity index (χ3n) is 2.68. The number of aromatic nitrogens is 5. The highest BCUT2D eigenvalue weighted by atomic mass is 16.5. The molecule has 0 aliphatic heterocycles. The van der Waals surface area contributed by atoms with E-state index in [0.29, 0.717) is 29.3 Å². The van der Waals surface area contributed by atoms with Crippen molar-refractivity contribution in [3.63, 3.8) is 0 Å². The molecular weight excluding hydrogens is 264 g/mol. The lowest BCUT2D eigenvalue weighted by Gasteiger charge is -1.99. The Bertz CT molecular complexity index is 777. The van der Waals surface area contributed by atoms with Crippen LogP contribution in [0.5, 0.6) is 0 Å². The van der Waals surface area contributed by atoms with Gasteiger partial charge >= 0.3 is 0 Å². The predicted molar refractivity (Wildman–Crippen MR) is 67.0 cm³/mol. The topological polar surface area (TPSA) is 151 Å². The van der Waals surface area contributed by atoms with Gasteiger partial charge in [-0.1, -0.05) is 5.16 Å². The molecule has 3 rings (SSSR count). The van der Waals surface area contributed by atoms with E-state index in [1.54, 1.807) is 10.9 Å². The first-order chi connectivity index (χ1) is 9.69. The second-order valence-corrected chi connectivity index (χ2v) is 3.96. The van der Waals surface area contributed by atoms with E-state index in [0.717, 1.165) is 0 Å². The van der Waals surface area contributed by atoms with Crippen LogP contribution in [-0.2, 0) is 6.54 Å². The highest BCUT2D eigenvalue weighted by Crippen LogP contribution is 2.16. The molecule has 3 heterocycles. The van der Waals surface area contributed by atoms with Crippen molar-refractivity contribution in [2.75, 3.05) is 5.73 Å². The zero-order chi connectivity index (χ0) is 14.1. The number of anilines is 1. The summed E-state index contributed by atoms with van der Waals surface area (Å²) in [6.45, 7) is 0.303. The van der Waals surface area contributed by atoms with Crippen LogP contribution >= 0.6 is 0 Å². The number of nitrogens with one attached hydrogen (secondary N) is 1. The largest absolute Gasteiger partial charge is 0.382 e. The lowest BCUT2D eigenvalue weighted by molar-refractivity contribution is 0.0944. The Balaban J connectivity index is 1.92. The lowest BCUT2D eigenvalue weighted by Crippen LogP contribution is -2.30. The predicted octanol–water partition coefficient (Wildman–Crippen LogP) is -0.952. The Morgan fingerprint density at radius 1 is 1.40 bits per heavy atom. The van der Waals surface area contributed by atoms with Gasteiger partial charge in [-0.05, 0) is 0 Å². The molecule has 0 aliphatic carbocycles. The third-order valence-corrected chi connectivity index (χ3v) is 2.68. The van der Waals surface area contributed by atoms with Gasteiger partial charge in [0, 0.05) is 6.07 Å². The van der Waals surface area contributed by atoms with Gasteiger partial charge in [0.05, 0.1) is 12.9 Å². The van der Waals surface area contributed by atoms with Gasteiger partial charge in [0.15, 0.2) is 22.9 Å². The first-order valence-electron chi connectivity index (χ1n) is 5.57. The molecule has 0 bridgehead atoms. The van der Waals surface area contributed by atoms with Gasteiger partial charge in [-0.3, -0.25) is 10.2 Å². The number of amides is 1. The van der Waals surface area contributed by atoms with Crippen molar-refractivity contribution < 1.29 is 9.32 Å². The third kappa shape index (κ3) is 1.93. The fraction of sp³-hybridized carbons (Fsp3) is 0.100. The molecule has 102 valence electrons. The summed E-state index contributed by atoms with van der Waals surface area (Å²) in [4.78, 5) is 23.4. The maximum absolute atomic E-state index is 11.3. The minimum absolute atomic E-state index is 0.0982. The summed E-state index contributed by atoms with van der Waals surface area (Å²) < 4.78 is 6.76. The Morgan fingerprint density at radius 3 is 3.05 bits per heavy atom. The van der Waals surface area contributed by atoms with Crippen molar-refractivity contribution >= 4 is 22.9 Å². The van der Waals surface area contributed by atoms with Gasteiger partial charge in [-0.25, -0.2) is 20.8 Å². The summed E-state index contributed by atoms with van der Waals surface area (Å²) in [5, 5.41) is 3.61. The minimum atomic E-state index is -0.526. The van der Waals surface area contributed by atoms with Crippen molar-refractivity contribution in [3.05, 3.63) is 30.2 Å². The minimum Gasteiger partial charge on any atom is -0.382 e. The number of carbonyl (C=O) groups excluding carboxylic acids is 1. The van der Waals surface area contributed by atoms with E-state index < -0.39 is 5.91 Å².